The molecular formula is C18H18ClN3O3S. The van der Waals surface area contributed by atoms with Gasteiger partial charge in [-0.15, -0.1) is 11.3 Å². The van der Waals surface area contributed by atoms with E-state index >= 15 is 0 Å². The van der Waals surface area contributed by atoms with Gasteiger partial charge in [0.25, 0.3) is 0 Å². The van der Waals surface area contributed by atoms with E-state index in [-0.39, 0.29) is 0 Å². The van der Waals surface area contributed by atoms with Crippen LogP contribution in [0, 0.1) is 18.3 Å². The number of likely N-dealkylation sites (tertiary alicyclic amines) is 1. The number of ether oxygens (including phenoxy) is 1. The van der Waals surface area contributed by atoms with E-state index in [2.05, 4.69) is 4.98 Å². The number of nitrogens with zero attached hydrogens (tertiary/aromatic N) is 3. The second-order valence-corrected chi connectivity index (χ2v) is 7.67. The van der Waals surface area contributed by atoms with Crippen molar-refractivity contribution < 1.29 is 14.6 Å². The number of benzene rings is 1. The average Bonchev–Trinajstić information content (AvgIpc) is 3.01. The third-order valence-corrected chi connectivity index (χ3v) is 6.06. The molecule has 1 aromatic carbocycles. The Hall–Kier alpha value is -2.30. The van der Waals surface area contributed by atoms with E-state index in [4.69, 9.17) is 26.7 Å². The van der Waals surface area contributed by atoms with Crippen LogP contribution in [0.3, 0.4) is 0 Å². The summed E-state index contributed by atoms with van der Waals surface area (Å²) in [5.41, 5.74) is 1.35. The third kappa shape index (κ3) is 4.09. The van der Waals surface area contributed by atoms with Crippen LogP contribution in [0.15, 0.2) is 18.2 Å². The SMILES string of the molecule is Cc1nc(C2CCN(C(=O)O)CC2)sc1COc1ccc(C#N)c(Cl)c1. The van der Waals surface area contributed by atoms with Crippen molar-refractivity contribution >= 4 is 29.0 Å². The predicted octanol–water partition coefficient (Wildman–Crippen LogP) is 4.41. The molecule has 0 radical (unpaired) electrons. The highest BCUT2D eigenvalue weighted by atomic mass is 35.5. The van der Waals surface area contributed by atoms with Gasteiger partial charge in [0.15, 0.2) is 0 Å². The molecule has 136 valence electrons. The average molecular weight is 392 g/mol. The molecule has 1 amide bonds. The number of carboxylic acid groups (broad SMARTS) is 1. The second kappa shape index (κ2) is 7.94. The molecule has 0 bridgehead atoms. The molecule has 1 fully saturated rings. The first kappa shape index (κ1) is 18.5. The summed E-state index contributed by atoms with van der Waals surface area (Å²) in [7, 11) is 0. The minimum atomic E-state index is -0.853. The lowest BCUT2D eigenvalue weighted by molar-refractivity contribution is 0.132. The zero-order chi connectivity index (χ0) is 18.7. The van der Waals surface area contributed by atoms with Crippen LogP contribution in [-0.4, -0.2) is 34.2 Å². The van der Waals surface area contributed by atoms with Crippen LogP contribution in [0.25, 0.3) is 0 Å². The van der Waals surface area contributed by atoms with Crippen molar-refractivity contribution in [2.24, 2.45) is 0 Å². The molecule has 1 aromatic heterocycles. The van der Waals surface area contributed by atoms with E-state index in [1.807, 2.05) is 13.0 Å². The van der Waals surface area contributed by atoms with Gasteiger partial charge in [0.1, 0.15) is 18.4 Å². The Morgan fingerprint density at radius 2 is 2.23 bits per heavy atom. The van der Waals surface area contributed by atoms with E-state index in [1.165, 1.54) is 4.90 Å². The first-order chi connectivity index (χ1) is 12.5. The van der Waals surface area contributed by atoms with Gasteiger partial charge in [0.05, 0.1) is 26.2 Å². The summed E-state index contributed by atoms with van der Waals surface area (Å²) in [6, 6.07) is 7.02. The van der Waals surface area contributed by atoms with Crippen molar-refractivity contribution in [2.75, 3.05) is 13.1 Å². The van der Waals surface area contributed by atoms with Gasteiger partial charge >= 0.3 is 6.09 Å². The summed E-state index contributed by atoms with van der Waals surface area (Å²) in [4.78, 5) is 18.2. The van der Waals surface area contributed by atoms with Crippen molar-refractivity contribution in [1.82, 2.24) is 9.88 Å². The number of hydrogen-bond donors (Lipinski definition) is 1. The number of halogens is 1. The minimum Gasteiger partial charge on any atom is -0.488 e. The molecular weight excluding hydrogens is 374 g/mol. The lowest BCUT2D eigenvalue weighted by atomic mass is 9.98. The molecule has 0 atom stereocenters. The summed E-state index contributed by atoms with van der Waals surface area (Å²) in [5, 5.41) is 19.4. The number of rotatable bonds is 4. The Morgan fingerprint density at radius 3 is 2.85 bits per heavy atom. The van der Waals surface area contributed by atoms with E-state index in [0.717, 1.165) is 28.4 Å². The molecule has 3 rings (SSSR count). The maximum absolute atomic E-state index is 11.0. The second-order valence-electron chi connectivity index (χ2n) is 6.15. The Balaban J connectivity index is 1.63. The highest BCUT2D eigenvalue weighted by Gasteiger charge is 2.26. The summed E-state index contributed by atoms with van der Waals surface area (Å²) in [6.07, 6.45) is 0.740. The summed E-state index contributed by atoms with van der Waals surface area (Å²) < 4.78 is 5.79. The fraction of sp³-hybridized carbons (Fsp3) is 0.389. The maximum Gasteiger partial charge on any atom is 0.407 e. The predicted molar refractivity (Wildman–Crippen MR) is 98.9 cm³/mol. The van der Waals surface area contributed by atoms with Crippen molar-refractivity contribution in [3.63, 3.8) is 0 Å². The molecule has 0 spiro atoms. The Kier molecular flexibility index (Phi) is 5.64. The summed E-state index contributed by atoms with van der Waals surface area (Å²) in [5.74, 6) is 0.908. The fourth-order valence-electron chi connectivity index (χ4n) is 2.90. The first-order valence-corrected chi connectivity index (χ1v) is 9.44. The standard InChI is InChI=1S/C18H18ClN3O3S/c1-11-16(10-25-14-3-2-13(9-20)15(19)8-14)26-17(21-11)12-4-6-22(7-5-12)18(23)24/h2-3,8,12H,4-7,10H2,1H3,(H,23,24). The molecule has 0 unspecified atom stereocenters. The van der Waals surface area contributed by atoms with Gasteiger partial charge in [0, 0.05) is 25.1 Å². The van der Waals surface area contributed by atoms with Crippen molar-refractivity contribution in [3.05, 3.63) is 44.4 Å². The number of amides is 1. The smallest absolute Gasteiger partial charge is 0.407 e. The van der Waals surface area contributed by atoms with Crippen molar-refractivity contribution in [1.29, 1.82) is 5.26 Å². The number of hydrogen-bond acceptors (Lipinski definition) is 5. The summed E-state index contributed by atoms with van der Waals surface area (Å²) >= 11 is 7.64. The fourth-order valence-corrected chi connectivity index (χ4v) is 4.26. The van der Waals surface area contributed by atoms with E-state index in [0.29, 0.717) is 41.9 Å². The monoisotopic (exact) mass is 391 g/mol. The number of thiazole rings is 1. The van der Waals surface area contributed by atoms with Crippen LogP contribution in [-0.2, 0) is 6.61 Å². The van der Waals surface area contributed by atoms with Gasteiger partial charge in [-0.05, 0) is 31.9 Å². The summed E-state index contributed by atoms with van der Waals surface area (Å²) in [6.45, 7) is 3.44. The highest BCUT2D eigenvalue weighted by molar-refractivity contribution is 7.11. The lowest BCUT2D eigenvalue weighted by Gasteiger charge is -2.28. The molecule has 1 aliphatic heterocycles. The highest BCUT2D eigenvalue weighted by Crippen LogP contribution is 2.33. The van der Waals surface area contributed by atoms with Crippen LogP contribution in [0.1, 0.15) is 39.9 Å². The molecule has 0 saturated carbocycles. The number of nitriles is 1. The van der Waals surface area contributed by atoms with Crippen LogP contribution in [0.4, 0.5) is 4.79 Å². The van der Waals surface area contributed by atoms with Crippen LogP contribution < -0.4 is 4.74 Å². The zero-order valence-corrected chi connectivity index (χ0v) is 15.8. The third-order valence-electron chi connectivity index (χ3n) is 4.45. The van der Waals surface area contributed by atoms with Gasteiger partial charge < -0.3 is 14.7 Å². The first-order valence-electron chi connectivity index (χ1n) is 8.24. The topological polar surface area (TPSA) is 86.5 Å². The molecule has 2 aromatic rings. The molecule has 26 heavy (non-hydrogen) atoms. The van der Waals surface area contributed by atoms with Gasteiger partial charge in [-0.25, -0.2) is 9.78 Å². The Labute approximate surface area is 160 Å². The number of carbonyl (C=O) groups is 1. The largest absolute Gasteiger partial charge is 0.488 e. The molecule has 0 aliphatic carbocycles. The lowest BCUT2D eigenvalue weighted by Crippen LogP contribution is -2.36. The van der Waals surface area contributed by atoms with Gasteiger partial charge in [0.2, 0.25) is 0 Å². The maximum atomic E-state index is 11.0. The van der Waals surface area contributed by atoms with E-state index < -0.39 is 6.09 Å². The minimum absolute atomic E-state index is 0.299. The molecule has 2 heterocycles. The van der Waals surface area contributed by atoms with Crippen LogP contribution >= 0.6 is 22.9 Å². The normalized spacial score (nSPS) is 14.9. The Bertz CT molecular complexity index is 854. The quantitative estimate of drug-likeness (QED) is 0.833. The molecule has 1 saturated heterocycles. The van der Waals surface area contributed by atoms with Gasteiger partial charge in [-0.3, -0.25) is 0 Å². The molecule has 1 N–H and O–H groups in total. The van der Waals surface area contributed by atoms with E-state index in [9.17, 15) is 4.79 Å². The molecule has 8 heteroatoms. The van der Waals surface area contributed by atoms with Crippen molar-refractivity contribution in [2.45, 2.75) is 32.3 Å². The number of piperidine rings is 1. The van der Waals surface area contributed by atoms with Gasteiger partial charge in [-0.2, -0.15) is 5.26 Å². The molecule has 1 aliphatic rings. The van der Waals surface area contributed by atoms with Crippen LogP contribution in [0.5, 0.6) is 5.75 Å². The zero-order valence-electron chi connectivity index (χ0n) is 14.2. The number of aryl methyl sites for hydroxylation is 1. The van der Waals surface area contributed by atoms with Crippen LogP contribution in [0.2, 0.25) is 5.02 Å². The number of aromatic nitrogens is 1. The van der Waals surface area contributed by atoms with Gasteiger partial charge in [-0.1, -0.05) is 11.6 Å². The van der Waals surface area contributed by atoms with Crippen molar-refractivity contribution in [3.8, 4) is 11.8 Å². The van der Waals surface area contributed by atoms with E-state index in [1.54, 1.807) is 29.5 Å². The molecule has 6 nitrogen and oxygen atoms in total. The Morgan fingerprint density at radius 1 is 1.50 bits per heavy atom.